The first-order valence-electron chi connectivity index (χ1n) is 7.06. The van der Waals surface area contributed by atoms with E-state index in [1.807, 2.05) is 25.2 Å². The lowest BCUT2D eigenvalue weighted by atomic mass is 10.1. The van der Waals surface area contributed by atoms with Crippen molar-refractivity contribution in [1.82, 2.24) is 4.90 Å². The average Bonchev–Trinajstić information content (AvgIpc) is 2.44. The van der Waals surface area contributed by atoms with Gasteiger partial charge in [-0.25, -0.2) is 0 Å². The van der Waals surface area contributed by atoms with Crippen LogP contribution in [0.3, 0.4) is 0 Å². The molecule has 0 radical (unpaired) electrons. The van der Waals surface area contributed by atoms with E-state index >= 15 is 0 Å². The summed E-state index contributed by atoms with van der Waals surface area (Å²) in [5, 5.41) is 10.3. The molecule has 0 aliphatic carbocycles. The Balaban J connectivity index is 2.65. The highest BCUT2D eigenvalue weighted by Crippen LogP contribution is 2.30. The summed E-state index contributed by atoms with van der Waals surface area (Å²) in [5.41, 5.74) is 0.846. The fraction of sp³-hybridized carbons (Fsp3) is 0.625. The number of hydrogen-bond donors (Lipinski definition) is 1. The molecule has 0 heterocycles. The molecular weight excluding hydrogens is 254 g/mol. The molecule has 0 saturated carbocycles. The molecule has 20 heavy (non-hydrogen) atoms. The Morgan fingerprint density at radius 3 is 2.35 bits per heavy atom. The highest BCUT2D eigenvalue weighted by Gasteiger charge is 2.14. The minimum absolute atomic E-state index is 0.521. The summed E-state index contributed by atoms with van der Waals surface area (Å²) >= 11 is 0. The van der Waals surface area contributed by atoms with Gasteiger partial charge in [0.05, 0.1) is 20.3 Å². The zero-order valence-corrected chi connectivity index (χ0v) is 13.2. The van der Waals surface area contributed by atoms with Crippen LogP contribution in [0.2, 0.25) is 0 Å². The van der Waals surface area contributed by atoms with Crippen LogP contribution in [-0.2, 0) is 0 Å². The highest BCUT2D eigenvalue weighted by atomic mass is 16.5. The van der Waals surface area contributed by atoms with Gasteiger partial charge in [-0.1, -0.05) is 19.9 Å². The van der Waals surface area contributed by atoms with Gasteiger partial charge in [-0.2, -0.15) is 0 Å². The third kappa shape index (κ3) is 5.02. The van der Waals surface area contributed by atoms with Crippen molar-refractivity contribution in [2.75, 3.05) is 34.4 Å². The number of ether oxygens (including phenoxy) is 2. The van der Waals surface area contributed by atoms with E-state index in [1.54, 1.807) is 14.2 Å². The van der Waals surface area contributed by atoms with Crippen molar-refractivity contribution < 1.29 is 14.6 Å². The van der Waals surface area contributed by atoms with Gasteiger partial charge in [0.2, 0.25) is 0 Å². The summed E-state index contributed by atoms with van der Waals surface area (Å²) in [4.78, 5) is 2.15. The van der Waals surface area contributed by atoms with Gasteiger partial charge in [-0.15, -0.1) is 0 Å². The second-order valence-electron chi connectivity index (χ2n) is 5.57. The van der Waals surface area contributed by atoms with Crippen LogP contribution < -0.4 is 9.47 Å². The van der Waals surface area contributed by atoms with Crippen LogP contribution in [0.1, 0.15) is 31.9 Å². The zero-order chi connectivity index (χ0) is 15.1. The predicted molar refractivity (Wildman–Crippen MR) is 81.5 cm³/mol. The molecule has 1 aromatic carbocycles. The van der Waals surface area contributed by atoms with Crippen LogP contribution in [-0.4, -0.2) is 44.4 Å². The van der Waals surface area contributed by atoms with Crippen LogP contribution in [0.5, 0.6) is 11.5 Å². The minimum atomic E-state index is -0.521. The van der Waals surface area contributed by atoms with E-state index in [1.165, 1.54) is 0 Å². The molecule has 1 rings (SSSR count). The first kappa shape index (κ1) is 16.8. The van der Waals surface area contributed by atoms with E-state index in [2.05, 4.69) is 18.7 Å². The molecule has 0 fully saturated rings. The smallest absolute Gasteiger partial charge is 0.161 e. The van der Waals surface area contributed by atoms with Gasteiger partial charge in [0.1, 0.15) is 0 Å². The predicted octanol–water partition coefficient (Wildman–Crippen LogP) is 2.72. The van der Waals surface area contributed by atoms with Crippen molar-refractivity contribution in [1.29, 1.82) is 0 Å². The number of methoxy groups -OCH3 is 2. The topological polar surface area (TPSA) is 41.9 Å². The molecular formula is C16H27NO3. The Hall–Kier alpha value is -1.26. The molecule has 0 saturated heterocycles. The van der Waals surface area contributed by atoms with E-state index in [-0.39, 0.29) is 0 Å². The van der Waals surface area contributed by atoms with Gasteiger partial charge >= 0.3 is 0 Å². The lowest BCUT2D eigenvalue weighted by molar-refractivity contribution is 0.124. The standard InChI is InChI=1S/C16H27NO3/c1-12(2)8-9-17(3)11-14(18)13-6-7-15(19-4)16(10-13)20-5/h6-7,10,12,14,18H,8-9,11H2,1-5H3. The van der Waals surface area contributed by atoms with Crippen LogP contribution in [0.25, 0.3) is 0 Å². The van der Waals surface area contributed by atoms with Crippen molar-refractivity contribution in [3.05, 3.63) is 23.8 Å². The quantitative estimate of drug-likeness (QED) is 0.795. The van der Waals surface area contributed by atoms with Gasteiger partial charge in [-0.05, 0) is 43.6 Å². The molecule has 4 heteroatoms. The Bertz CT molecular complexity index is 407. The summed E-state index contributed by atoms with van der Waals surface area (Å²) in [7, 11) is 5.24. The van der Waals surface area contributed by atoms with Gasteiger partial charge < -0.3 is 19.5 Å². The van der Waals surface area contributed by atoms with Crippen LogP contribution in [0.4, 0.5) is 0 Å². The molecule has 114 valence electrons. The van der Waals surface area contributed by atoms with E-state index in [0.29, 0.717) is 24.0 Å². The number of nitrogens with zero attached hydrogens (tertiary/aromatic N) is 1. The van der Waals surface area contributed by atoms with Crippen LogP contribution in [0.15, 0.2) is 18.2 Å². The zero-order valence-electron chi connectivity index (χ0n) is 13.2. The summed E-state index contributed by atoms with van der Waals surface area (Å²) < 4.78 is 10.5. The molecule has 0 bridgehead atoms. The maximum Gasteiger partial charge on any atom is 0.161 e. The Morgan fingerprint density at radius 1 is 1.15 bits per heavy atom. The van der Waals surface area contributed by atoms with E-state index < -0.39 is 6.10 Å². The third-order valence-corrected chi connectivity index (χ3v) is 3.37. The number of hydrogen-bond acceptors (Lipinski definition) is 4. The van der Waals surface area contributed by atoms with Gasteiger partial charge in [0.15, 0.2) is 11.5 Å². The molecule has 0 amide bonds. The molecule has 1 atom stereocenters. The third-order valence-electron chi connectivity index (χ3n) is 3.37. The average molecular weight is 281 g/mol. The monoisotopic (exact) mass is 281 g/mol. The van der Waals surface area contributed by atoms with Crippen molar-refractivity contribution >= 4 is 0 Å². The molecule has 1 N–H and O–H groups in total. The summed E-state index contributed by atoms with van der Waals surface area (Å²) in [6.45, 7) is 6.02. The van der Waals surface area contributed by atoms with Crippen molar-refractivity contribution in [2.24, 2.45) is 5.92 Å². The Kier molecular flexibility index (Phi) is 6.82. The molecule has 0 aliphatic rings. The first-order chi connectivity index (χ1) is 9.47. The number of aliphatic hydroxyl groups is 1. The van der Waals surface area contributed by atoms with Crippen LogP contribution in [0, 0.1) is 5.92 Å². The largest absolute Gasteiger partial charge is 0.493 e. The molecule has 0 aliphatic heterocycles. The Labute approximate surface area is 122 Å². The first-order valence-corrected chi connectivity index (χ1v) is 7.06. The molecule has 0 aromatic heterocycles. The van der Waals surface area contributed by atoms with Crippen molar-refractivity contribution in [3.63, 3.8) is 0 Å². The number of aliphatic hydroxyl groups excluding tert-OH is 1. The van der Waals surface area contributed by atoms with Gasteiger partial charge in [0.25, 0.3) is 0 Å². The molecule has 4 nitrogen and oxygen atoms in total. The SMILES string of the molecule is COc1ccc(C(O)CN(C)CCC(C)C)cc1OC. The van der Waals surface area contributed by atoms with E-state index in [0.717, 1.165) is 18.5 Å². The number of benzene rings is 1. The maximum absolute atomic E-state index is 10.3. The minimum Gasteiger partial charge on any atom is -0.493 e. The fourth-order valence-corrected chi connectivity index (χ4v) is 2.03. The van der Waals surface area contributed by atoms with Gasteiger partial charge in [-0.3, -0.25) is 0 Å². The summed E-state index contributed by atoms with van der Waals surface area (Å²) in [5.74, 6) is 2.00. The van der Waals surface area contributed by atoms with Crippen molar-refractivity contribution in [3.8, 4) is 11.5 Å². The fourth-order valence-electron chi connectivity index (χ4n) is 2.03. The van der Waals surface area contributed by atoms with E-state index in [4.69, 9.17) is 9.47 Å². The van der Waals surface area contributed by atoms with Gasteiger partial charge in [0, 0.05) is 6.54 Å². The van der Waals surface area contributed by atoms with Crippen LogP contribution >= 0.6 is 0 Å². The lowest BCUT2D eigenvalue weighted by Crippen LogP contribution is -2.26. The molecule has 1 unspecified atom stereocenters. The summed E-state index contributed by atoms with van der Waals surface area (Å²) in [6.07, 6.45) is 0.613. The maximum atomic E-state index is 10.3. The highest BCUT2D eigenvalue weighted by molar-refractivity contribution is 5.43. The molecule has 0 spiro atoms. The van der Waals surface area contributed by atoms with Crippen molar-refractivity contribution in [2.45, 2.75) is 26.4 Å². The second kappa shape index (κ2) is 8.12. The normalized spacial score (nSPS) is 12.8. The number of likely N-dealkylation sites (N-methyl/N-ethyl adjacent to an activating group) is 1. The number of rotatable bonds is 8. The Morgan fingerprint density at radius 2 is 1.80 bits per heavy atom. The van der Waals surface area contributed by atoms with E-state index in [9.17, 15) is 5.11 Å². The summed E-state index contributed by atoms with van der Waals surface area (Å²) in [6, 6.07) is 5.54. The lowest BCUT2D eigenvalue weighted by Gasteiger charge is -2.22. The second-order valence-corrected chi connectivity index (χ2v) is 5.57. The molecule has 1 aromatic rings.